The third kappa shape index (κ3) is 5.78. The number of ketones is 1. The van der Waals surface area contributed by atoms with Crippen LogP contribution in [-0.4, -0.2) is 42.6 Å². The molecule has 0 spiro atoms. The van der Waals surface area contributed by atoms with Gasteiger partial charge in [-0.15, -0.1) is 0 Å². The summed E-state index contributed by atoms with van der Waals surface area (Å²) in [6, 6.07) is 12.1. The number of carbonyl (C=O) groups excluding carboxylic acids is 3. The zero-order chi connectivity index (χ0) is 19.1. The fourth-order valence-electron chi connectivity index (χ4n) is 2.37. The molecule has 2 aromatic rings. The van der Waals surface area contributed by atoms with Crippen LogP contribution >= 0.6 is 0 Å². The molecule has 0 unspecified atom stereocenters. The van der Waals surface area contributed by atoms with Crippen LogP contribution in [0.25, 0.3) is 0 Å². The lowest BCUT2D eigenvalue weighted by Crippen LogP contribution is -2.36. The van der Waals surface area contributed by atoms with Gasteiger partial charge in [-0.25, -0.2) is 4.39 Å². The molecule has 0 bridgehead atoms. The monoisotopic (exact) mass is 357 g/mol. The van der Waals surface area contributed by atoms with E-state index in [-0.39, 0.29) is 36.5 Å². The first-order valence-corrected chi connectivity index (χ1v) is 7.99. The number of nitrogens with one attached hydrogen (secondary N) is 2. The molecule has 26 heavy (non-hydrogen) atoms. The zero-order valence-electron chi connectivity index (χ0n) is 14.6. The van der Waals surface area contributed by atoms with Crippen LogP contribution < -0.4 is 10.6 Å². The van der Waals surface area contributed by atoms with Crippen LogP contribution in [-0.2, 0) is 9.59 Å². The van der Waals surface area contributed by atoms with E-state index in [0.717, 1.165) is 0 Å². The largest absolute Gasteiger partial charge is 0.325 e. The number of halogens is 1. The molecule has 0 fully saturated rings. The summed E-state index contributed by atoms with van der Waals surface area (Å²) in [5.41, 5.74) is 1.34. The first-order chi connectivity index (χ1) is 12.3. The van der Waals surface area contributed by atoms with Crippen molar-refractivity contribution in [3.05, 3.63) is 59.9 Å². The number of nitrogens with zero attached hydrogens (tertiary/aromatic N) is 1. The highest BCUT2D eigenvalue weighted by atomic mass is 19.1. The summed E-state index contributed by atoms with van der Waals surface area (Å²) in [5, 5.41) is 5.30. The summed E-state index contributed by atoms with van der Waals surface area (Å²) < 4.78 is 12.8. The van der Waals surface area contributed by atoms with Gasteiger partial charge in [-0.3, -0.25) is 19.3 Å². The summed E-state index contributed by atoms with van der Waals surface area (Å²) in [6.07, 6.45) is 0. The van der Waals surface area contributed by atoms with Gasteiger partial charge >= 0.3 is 0 Å². The van der Waals surface area contributed by atoms with Gasteiger partial charge in [0, 0.05) is 11.3 Å². The molecule has 0 heterocycles. The molecule has 6 nitrogen and oxygen atoms in total. The Bertz CT molecular complexity index is 806. The van der Waals surface area contributed by atoms with E-state index in [9.17, 15) is 18.8 Å². The van der Waals surface area contributed by atoms with Gasteiger partial charge in [0.2, 0.25) is 11.8 Å². The molecule has 0 aliphatic carbocycles. The van der Waals surface area contributed by atoms with Gasteiger partial charge in [-0.2, -0.15) is 0 Å². The van der Waals surface area contributed by atoms with Crippen molar-refractivity contribution in [2.75, 3.05) is 30.8 Å². The summed E-state index contributed by atoms with van der Waals surface area (Å²) in [6.45, 7) is 1.39. The van der Waals surface area contributed by atoms with Crippen LogP contribution in [0.5, 0.6) is 0 Å². The van der Waals surface area contributed by atoms with Crippen molar-refractivity contribution in [2.45, 2.75) is 6.92 Å². The molecule has 2 N–H and O–H groups in total. The zero-order valence-corrected chi connectivity index (χ0v) is 14.6. The fourth-order valence-corrected chi connectivity index (χ4v) is 2.37. The topological polar surface area (TPSA) is 78.5 Å². The molecular weight excluding hydrogens is 337 g/mol. The molecule has 0 aliphatic heterocycles. The van der Waals surface area contributed by atoms with Crippen molar-refractivity contribution >= 4 is 29.0 Å². The second-order valence-corrected chi connectivity index (χ2v) is 5.88. The van der Waals surface area contributed by atoms with Gasteiger partial charge in [0.1, 0.15) is 5.82 Å². The summed E-state index contributed by atoms with van der Waals surface area (Å²) >= 11 is 0. The summed E-state index contributed by atoms with van der Waals surface area (Å²) in [5.74, 6) is -1.19. The van der Waals surface area contributed by atoms with E-state index in [1.807, 2.05) is 0 Å². The molecule has 0 atom stereocenters. The van der Waals surface area contributed by atoms with Crippen LogP contribution in [0.15, 0.2) is 48.5 Å². The van der Waals surface area contributed by atoms with Gasteiger partial charge in [-0.05, 0) is 50.4 Å². The van der Waals surface area contributed by atoms with E-state index in [4.69, 9.17) is 0 Å². The predicted molar refractivity (Wildman–Crippen MR) is 97.6 cm³/mol. The molecule has 2 amide bonds. The number of Topliss-reactive ketones (excluding diaryl/α,β-unsaturated/α-hetero) is 1. The van der Waals surface area contributed by atoms with E-state index in [1.54, 1.807) is 31.3 Å². The first-order valence-electron chi connectivity index (χ1n) is 7.99. The van der Waals surface area contributed by atoms with Gasteiger partial charge in [0.15, 0.2) is 5.78 Å². The molecule has 0 radical (unpaired) electrons. The normalized spacial score (nSPS) is 10.5. The van der Waals surface area contributed by atoms with Crippen LogP contribution in [0.3, 0.4) is 0 Å². The van der Waals surface area contributed by atoms with Crippen molar-refractivity contribution in [3.8, 4) is 0 Å². The highest BCUT2D eigenvalue weighted by molar-refractivity contribution is 6.04. The Balaban J connectivity index is 1.86. The Morgan fingerprint density at radius 1 is 0.923 bits per heavy atom. The van der Waals surface area contributed by atoms with Crippen molar-refractivity contribution in [3.63, 3.8) is 0 Å². The second-order valence-electron chi connectivity index (χ2n) is 5.88. The van der Waals surface area contributed by atoms with E-state index < -0.39 is 0 Å². The number of rotatable bonds is 7. The highest BCUT2D eigenvalue weighted by Crippen LogP contribution is 2.15. The average molecular weight is 357 g/mol. The number of hydrogen-bond donors (Lipinski definition) is 2. The van der Waals surface area contributed by atoms with Gasteiger partial charge < -0.3 is 10.6 Å². The van der Waals surface area contributed by atoms with E-state index in [1.165, 1.54) is 36.1 Å². The molecule has 136 valence electrons. The first kappa shape index (κ1) is 19.3. The third-order valence-electron chi connectivity index (χ3n) is 3.54. The van der Waals surface area contributed by atoms with Crippen molar-refractivity contribution in [1.29, 1.82) is 0 Å². The van der Waals surface area contributed by atoms with Crippen LogP contribution in [0.4, 0.5) is 15.8 Å². The quantitative estimate of drug-likeness (QED) is 0.747. The molecule has 2 rings (SSSR count). The Morgan fingerprint density at radius 2 is 1.50 bits per heavy atom. The van der Waals surface area contributed by atoms with Crippen LogP contribution in [0, 0.1) is 5.82 Å². The minimum absolute atomic E-state index is 0.0147. The minimum atomic E-state index is -0.386. The Kier molecular flexibility index (Phi) is 6.57. The van der Waals surface area contributed by atoms with Crippen molar-refractivity contribution < 1.29 is 18.8 Å². The second kappa shape index (κ2) is 8.87. The SMILES string of the molecule is CC(=O)c1ccccc1NC(=O)CN(C)CC(=O)Nc1ccc(F)cc1. The smallest absolute Gasteiger partial charge is 0.238 e. The number of benzene rings is 2. The van der Waals surface area contributed by atoms with Crippen molar-refractivity contribution in [1.82, 2.24) is 4.90 Å². The number of para-hydroxylation sites is 1. The lowest BCUT2D eigenvalue weighted by molar-refractivity contribution is -0.119. The number of carbonyl (C=O) groups is 3. The highest BCUT2D eigenvalue weighted by Gasteiger charge is 2.13. The molecule has 0 aromatic heterocycles. The maximum Gasteiger partial charge on any atom is 0.238 e. The number of hydrogen-bond acceptors (Lipinski definition) is 4. The van der Waals surface area contributed by atoms with Gasteiger partial charge in [-0.1, -0.05) is 12.1 Å². The number of likely N-dealkylation sites (N-methyl/N-ethyl adjacent to an activating group) is 1. The van der Waals surface area contributed by atoms with Crippen molar-refractivity contribution in [2.24, 2.45) is 0 Å². The van der Waals surface area contributed by atoms with Gasteiger partial charge in [0.25, 0.3) is 0 Å². The molecule has 0 aliphatic rings. The number of anilines is 2. The van der Waals surface area contributed by atoms with E-state index in [2.05, 4.69) is 10.6 Å². The standard InChI is InChI=1S/C19H20FN3O3/c1-13(24)16-5-3-4-6-17(16)22-19(26)12-23(2)11-18(25)21-15-9-7-14(20)8-10-15/h3-10H,11-12H2,1-2H3,(H,21,25)(H,22,26). The Morgan fingerprint density at radius 3 is 2.12 bits per heavy atom. The summed E-state index contributed by atoms with van der Waals surface area (Å²) in [7, 11) is 1.63. The van der Waals surface area contributed by atoms with Gasteiger partial charge in [0.05, 0.1) is 18.8 Å². The molecule has 0 saturated carbocycles. The third-order valence-corrected chi connectivity index (χ3v) is 3.54. The summed E-state index contributed by atoms with van der Waals surface area (Å²) in [4.78, 5) is 37.2. The minimum Gasteiger partial charge on any atom is -0.325 e. The molecule has 2 aromatic carbocycles. The fraction of sp³-hybridized carbons (Fsp3) is 0.211. The van der Waals surface area contributed by atoms with Crippen LogP contribution in [0.1, 0.15) is 17.3 Å². The Hall–Kier alpha value is -3.06. The molecule has 0 saturated heterocycles. The number of amides is 2. The Labute approximate surface area is 151 Å². The maximum atomic E-state index is 12.8. The average Bonchev–Trinajstić information content (AvgIpc) is 2.56. The molecule has 7 heteroatoms. The lowest BCUT2D eigenvalue weighted by Gasteiger charge is -2.16. The lowest BCUT2D eigenvalue weighted by atomic mass is 10.1. The molecular formula is C19H20FN3O3. The predicted octanol–water partition coefficient (Wildman–Crippen LogP) is 2.54. The maximum absolute atomic E-state index is 12.8. The van der Waals surface area contributed by atoms with E-state index in [0.29, 0.717) is 16.9 Å². The van der Waals surface area contributed by atoms with Crippen LogP contribution in [0.2, 0.25) is 0 Å². The van der Waals surface area contributed by atoms with E-state index >= 15 is 0 Å².